The second kappa shape index (κ2) is 5.02. The predicted molar refractivity (Wildman–Crippen MR) is 68.6 cm³/mol. The van der Waals surface area contributed by atoms with Crippen molar-refractivity contribution >= 4 is 5.69 Å². The maximum atomic E-state index is 13.1. The summed E-state index contributed by atoms with van der Waals surface area (Å²) in [5.41, 5.74) is 7.65. The molecule has 1 unspecified atom stereocenters. The Morgan fingerprint density at radius 1 is 1.47 bits per heavy atom. The molecule has 2 N–H and O–H groups in total. The first-order chi connectivity index (χ1) is 8.11. The molecule has 2 rings (SSSR count). The van der Waals surface area contributed by atoms with Crippen LogP contribution < -0.4 is 10.6 Å². The van der Waals surface area contributed by atoms with Gasteiger partial charge in [0.15, 0.2) is 0 Å². The minimum absolute atomic E-state index is 0.211. The molecule has 0 spiro atoms. The molecule has 1 heterocycles. The molecule has 1 aromatic rings. The van der Waals surface area contributed by atoms with Crippen LogP contribution >= 0.6 is 0 Å². The van der Waals surface area contributed by atoms with E-state index in [1.54, 1.807) is 6.07 Å². The van der Waals surface area contributed by atoms with Crippen molar-refractivity contribution in [1.29, 1.82) is 0 Å². The Hall–Kier alpha value is -1.13. The highest BCUT2D eigenvalue weighted by atomic mass is 19.1. The lowest BCUT2D eigenvalue weighted by molar-refractivity contribution is 0.315. The van der Waals surface area contributed by atoms with Gasteiger partial charge in [-0.2, -0.15) is 0 Å². The van der Waals surface area contributed by atoms with Crippen LogP contribution in [0, 0.1) is 5.82 Å². The zero-order chi connectivity index (χ0) is 12.4. The molecular weight excluding hydrogens is 217 g/mol. The van der Waals surface area contributed by atoms with Crippen molar-refractivity contribution in [1.82, 2.24) is 4.90 Å². The van der Waals surface area contributed by atoms with Crippen LogP contribution in [0.15, 0.2) is 18.2 Å². The van der Waals surface area contributed by atoms with E-state index in [-0.39, 0.29) is 5.82 Å². The Labute approximate surface area is 102 Å². The van der Waals surface area contributed by atoms with Gasteiger partial charge >= 0.3 is 0 Å². The molecule has 0 amide bonds. The number of rotatable bonds is 3. The lowest BCUT2D eigenvalue weighted by atomic mass is 10.1. The molecule has 1 saturated heterocycles. The Morgan fingerprint density at radius 2 is 2.24 bits per heavy atom. The molecule has 0 aromatic heterocycles. The van der Waals surface area contributed by atoms with Gasteiger partial charge in [0.05, 0.1) is 0 Å². The molecule has 0 bridgehead atoms. The first-order valence-electron chi connectivity index (χ1n) is 6.01. The molecule has 0 saturated carbocycles. The normalized spacial score (nSPS) is 20.3. The zero-order valence-electron chi connectivity index (χ0n) is 10.5. The van der Waals surface area contributed by atoms with Crippen molar-refractivity contribution in [2.24, 2.45) is 5.73 Å². The van der Waals surface area contributed by atoms with E-state index in [0.717, 1.165) is 30.8 Å². The summed E-state index contributed by atoms with van der Waals surface area (Å²) >= 11 is 0. The van der Waals surface area contributed by atoms with E-state index >= 15 is 0 Å². The summed E-state index contributed by atoms with van der Waals surface area (Å²) in [6, 6.07) is 5.47. The van der Waals surface area contributed by atoms with Crippen molar-refractivity contribution in [3.05, 3.63) is 29.6 Å². The summed E-state index contributed by atoms with van der Waals surface area (Å²) in [6.07, 6.45) is 1.15. The van der Waals surface area contributed by atoms with Gasteiger partial charge < -0.3 is 15.5 Å². The molecule has 17 heavy (non-hydrogen) atoms. The smallest absolute Gasteiger partial charge is 0.123 e. The number of anilines is 1. The Kier molecular flexibility index (Phi) is 3.64. The fraction of sp³-hybridized carbons (Fsp3) is 0.538. The molecule has 1 fully saturated rings. The summed E-state index contributed by atoms with van der Waals surface area (Å²) in [5.74, 6) is -0.211. The van der Waals surface area contributed by atoms with Crippen LogP contribution in [0.1, 0.15) is 12.0 Å². The van der Waals surface area contributed by atoms with Crippen molar-refractivity contribution < 1.29 is 4.39 Å². The number of nitrogens with zero attached hydrogens (tertiary/aromatic N) is 2. The van der Waals surface area contributed by atoms with Gasteiger partial charge in [-0.05, 0) is 44.3 Å². The summed E-state index contributed by atoms with van der Waals surface area (Å²) in [6.45, 7) is 2.39. The van der Waals surface area contributed by atoms with Gasteiger partial charge in [0.1, 0.15) is 5.82 Å². The quantitative estimate of drug-likeness (QED) is 0.863. The van der Waals surface area contributed by atoms with E-state index in [1.165, 1.54) is 6.07 Å². The Balaban J connectivity index is 2.18. The maximum absolute atomic E-state index is 13.1. The van der Waals surface area contributed by atoms with Crippen LogP contribution in [0.5, 0.6) is 0 Å². The minimum Gasteiger partial charge on any atom is -0.370 e. The number of halogens is 1. The van der Waals surface area contributed by atoms with Crippen LogP contribution in [-0.2, 0) is 6.54 Å². The van der Waals surface area contributed by atoms with Crippen molar-refractivity contribution in [3.8, 4) is 0 Å². The fourth-order valence-electron chi connectivity index (χ4n) is 2.41. The van der Waals surface area contributed by atoms with Gasteiger partial charge in [0, 0.05) is 31.4 Å². The topological polar surface area (TPSA) is 32.5 Å². The largest absolute Gasteiger partial charge is 0.370 e. The van der Waals surface area contributed by atoms with E-state index in [9.17, 15) is 4.39 Å². The monoisotopic (exact) mass is 237 g/mol. The van der Waals surface area contributed by atoms with E-state index in [2.05, 4.69) is 23.9 Å². The molecule has 3 nitrogen and oxygen atoms in total. The predicted octanol–water partition coefficient (Wildman–Crippen LogP) is 1.42. The Bertz CT molecular complexity index is 392. The van der Waals surface area contributed by atoms with E-state index in [0.29, 0.717) is 12.6 Å². The molecule has 0 aliphatic carbocycles. The summed E-state index contributed by atoms with van der Waals surface area (Å²) in [5, 5.41) is 0. The van der Waals surface area contributed by atoms with Gasteiger partial charge in [-0.25, -0.2) is 4.39 Å². The van der Waals surface area contributed by atoms with Gasteiger partial charge in [-0.3, -0.25) is 0 Å². The highest BCUT2D eigenvalue weighted by Gasteiger charge is 2.25. The third kappa shape index (κ3) is 2.58. The van der Waals surface area contributed by atoms with Gasteiger partial charge in [-0.1, -0.05) is 0 Å². The number of likely N-dealkylation sites (N-methyl/N-ethyl adjacent to an activating group) is 1. The molecule has 1 aromatic carbocycles. The molecule has 94 valence electrons. The van der Waals surface area contributed by atoms with Crippen molar-refractivity contribution in [2.45, 2.75) is 19.0 Å². The van der Waals surface area contributed by atoms with E-state index < -0.39 is 0 Å². The van der Waals surface area contributed by atoms with Crippen LogP contribution in [-0.4, -0.2) is 38.1 Å². The van der Waals surface area contributed by atoms with Crippen molar-refractivity contribution in [3.63, 3.8) is 0 Å². The van der Waals surface area contributed by atoms with Gasteiger partial charge in [0.25, 0.3) is 0 Å². The third-order valence-corrected chi connectivity index (χ3v) is 3.50. The minimum atomic E-state index is -0.211. The second-order valence-electron chi connectivity index (χ2n) is 4.83. The lowest BCUT2D eigenvalue weighted by Crippen LogP contribution is -2.31. The van der Waals surface area contributed by atoms with Crippen LogP contribution in [0.4, 0.5) is 10.1 Å². The standard InChI is InChI=1S/C13H20FN3/c1-16(2)12-5-6-17(9-12)13-4-3-11(14)7-10(13)8-15/h3-4,7,12H,5-6,8-9,15H2,1-2H3. The zero-order valence-corrected chi connectivity index (χ0v) is 10.5. The lowest BCUT2D eigenvalue weighted by Gasteiger charge is -2.23. The molecule has 1 aliphatic rings. The van der Waals surface area contributed by atoms with Gasteiger partial charge in [-0.15, -0.1) is 0 Å². The van der Waals surface area contributed by atoms with Gasteiger partial charge in [0.2, 0.25) is 0 Å². The first-order valence-corrected chi connectivity index (χ1v) is 6.01. The summed E-state index contributed by atoms with van der Waals surface area (Å²) in [4.78, 5) is 4.54. The number of nitrogens with two attached hydrogens (primary N) is 1. The summed E-state index contributed by atoms with van der Waals surface area (Å²) in [7, 11) is 4.20. The van der Waals surface area contributed by atoms with Crippen molar-refractivity contribution in [2.75, 3.05) is 32.1 Å². The number of hydrogen-bond acceptors (Lipinski definition) is 3. The third-order valence-electron chi connectivity index (χ3n) is 3.50. The van der Waals surface area contributed by atoms with Crippen LogP contribution in [0.25, 0.3) is 0 Å². The molecule has 1 aliphatic heterocycles. The van der Waals surface area contributed by atoms with Crippen LogP contribution in [0.2, 0.25) is 0 Å². The highest BCUT2D eigenvalue weighted by molar-refractivity contribution is 5.54. The first kappa shape index (κ1) is 12.3. The number of hydrogen-bond donors (Lipinski definition) is 1. The maximum Gasteiger partial charge on any atom is 0.123 e. The van der Waals surface area contributed by atoms with E-state index in [4.69, 9.17) is 5.73 Å². The average Bonchev–Trinajstić information content (AvgIpc) is 2.78. The highest BCUT2D eigenvalue weighted by Crippen LogP contribution is 2.26. The molecule has 4 heteroatoms. The number of benzene rings is 1. The van der Waals surface area contributed by atoms with Crippen LogP contribution in [0.3, 0.4) is 0 Å². The Morgan fingerprint density at radius 3 is 2.82 bits per heavy atom. The van der Waals surface area contributed by atoms with E-state index in [1.807, 2.05) is 6.07 Å². The molecule has 1 atom stereocenters. The summed E-state index contributed by atoms with van der Waals surface area (Å²) < 4.78 is 13.1. The molecular formula is C13H20FN3. The fourth-order valence-corrected chi connectivity index (χ4v) is 2.41. The second-order valence-corrected chi connectivity index (χ2v) is 4.83. The average molecular weight is 237 g/mol. The molecule has 0 radical (unpaired) electrons. The SMILES string of the molecule is CN(C)C1CCN(c2ccc(F)cc2CN)C1.